The fourth-order valence-corrected chi connectivity index (χ4v) is 1.12. The van der Waals surface area contributed by atoms with Crippen LogP contribution < -0.4 is 5.73 Å². The molecule has 0 spiro atoms. The highest BCUT2D eigenvalue weighted by Crippen LogP contribution is 2.29. The van der Waals surface area contributed by atoms with Crippen molar-refractivity contribution in [3.05, 3.63) is 29.6 Å². The lowest BCUT2D eigenvalue weighted by molar-refractivity contribution is -0.142. The van der Waals surface area contributed by atoms with Crippen LogP contribution in [0, 0.1) is 0 Å². The molecular weight excluding hydrogens is 237 g/mol. The third kappa shape index (κ3) is 4.03. The number of carbonyl (C=O) groups is 1. The number of pyridine rings is 1. The van der Waals surface area contributed by atoms with Crippen LogP contribution in [0.1, 0.15) is 24.2 Å². The van der Waals surface area contributed by atoms with E-state index in [9.17, 15) is 18.0 Å². The van der Waals surface area contributed by atoms with E-state index in [1.165, 1.54) is 6.92 Å². The number of carbonyl (C=O) groups excluding carboxylic acids is 1. The number of hydrogen-bond acceptors (Lipinski definition) is 4. The number of ether oxygens (including phenoxy) is 1. The van der Waals surface area contributed by atoms with Gasteiger partial charge < -0.3 is 10.5 Å². The fraction of sp³-hybridized carbons (Fsp3) is 0.400. The van der Waals surface area contributed by atoms with E-state index < -0.39 is 23.8 Å². The Labute approximate surface area is 95.6 Å². The summed E-state index contributed by atoms with van der Waals surface area (Å²) in [6.07, 6.45) is -3.43. The number of hydrogen-bond donors (Lipinski definition) is 1. The largest absolute Gasteiger partial charge is 0.464 e. The summed E-state index contributed by atoms with van der Waals surface area (Å²) in [4.78, 5) is 14.2. The van der Waals surface area contributed by atoms with Gasteiger partial charge in [0.25, 0.3) is 0 Å². The van der Waals surface area contributed by atoms with E-state index in [1.807, 2.05) is 0 Å². The van der Waals surface area contributed by atoms with Gasteiger partial charge in [-0.1, -0.05) is 0 Å². The predicted octanol–water partition coefficient (Wildman–Crippen LogP) is 1.66. The number of halogens is 3. The lowest BCUT2D eigenvalue weighted by atomic mass is 10.1. The maximum atomic E-state index is 12.4. The van der Waals surface area contributed by atoms with Crippen LogP contribution in [-0.4, -0.2) is 17.6 Å². The summed E-state index contributed by atoms with van der Waals surface area (Å²) in [6.45, 7) is 0.982. The van der Waals surface area contributed by atoms with Crippen LogP contribution >= 0.6 is 0 Å². The Morgan fingerprint density at radius 1 is 1.59 bits per heavy atom. The average molecular weight is 248 g/mol. The van der Waals surface area contributed by atoms with E-state index in [0.717, 1.165) is 18.3 Å². The van der Waals surface area contributed by atoms with E-state index in [0.29, 0.717) is 0 Å². The molecule has 0 radical (unpaired) electrons. The van der Waals surface area contributed by atoms with Gasteiger partial charge in [-0.2, -0.15) is 13.2 Å². The van der Waals surface area contributed by atoms with E-state index in [2.05, 4.69) is 9.72 Å². The normalized spacial score (nSPS) is 13.2. The second-order valence-corrected chi connectivity index (χ2v) is 3.38. The SMILES string of the molecule is CC(=O)OCC(N)c1cc(C(F)(F)F)ccn1. The summed E-state index contributed by atoms with van der Waals surface area (Å²) in [5.74, 6) is -0.549. The number of nitrogens with two attached hydrogens (primary N) is 1. The highest BCUT2D eigenvalue weighted by molar-refractivity contribution is 5.65. The Morgan fingerprint density at radius 2 is 2.24 bits per heavy atom. The van der Waals surface area contributed by atoms with Crippen LogP contribution in [-0.2, 0) is 15.7 Å². The highest BCUT2D eigenvalue weighted by atomic mass is 19.4. The summed E-state index contributed by atoms with van der Waals surface area (Å²) in [5.41, 5.74) is 4.74. The minimum absolute atomic E-state index is 0.0288. The quantitative estimate of drug-likeness (QED) is 0.826. The van der Waals surface area contributed by atoms with E-state index in [1.54, 1.807) is 0 Å². The first-order valence-corrected chi connectivity index (χ1v) is 4.73. The molecule has 1 unspecified atom stereocenters. The average Bonchev–Trinajstić information content (AvgIpc) is 2.25. The second kappa shape index (κ2) is 5.13. The summed E-state index contributed by atoms with van der Waals surface area (Å²) >= 11 is 0. The van der Waals surface area contributed by atoms with Gasteiger partial charge >= 0.3 is 12.1 Å². The number of aromatic nitrogens is 1. The molecule has 0 saturated carbocycles. The Kier molecular flexibility index (Phi) is 4.06. The van der Waals surface area contributed by atoms with Crippen molar-refractivity contribution in [2.24, 2.45) is 5.73 Å². The zero-order chi connectivity index (χ0) is 13.1. The molecule has 1 aromatic rings. The maximum absolute atomic E-state index is 12.4. The van der Waals surface area contributed by atoms with Crippen molar-refractivity contribution >= 4 is 5.97 Å². The van der Waals surface area contributed by atoms with Crippen LogP contribution in [0.3, 0.4) is 0 Å². The van der Waals surface area contributed by atoms with Gasteiger partial charge in [-0.25, -0.2) is 0 Å². The van der Waals surface area contributed by atoms with Crippen LogP contribution in [0.25, 0.3) is 0 Å². The summed E-state index contributed by atoms with van der Waals surface area (Å²) in [5, 5.41) is 0. The van der Waals surface area contributed by atoms with Crippen LogP contribution in [0.15, 0.2) is 18.3 Å². The summed E-state index contributed by atoms with van der Waals surface area (Å²) < 4.78 is 41.8. The maximum Gasteiger partial charge on any atom is 0.416 e. The van der Waals surface area contributed by atoms with Crippen molar-refractivity contribution in [1.29, 1.82) is 0 Å². The Hall–Kier alpha value is -1.63. The molecule has 0 aliphatic heterocycles. The third-order valence-electron chi connectivity index (χ3n) is 1.95. The van der Waals surface area contributed by atoms with E-state index >= 15 is 0 Å². The molecule has 0 saturated heterocycles. The minimum Gasteiger partial charge on any atom is -0.464 e. The molecule has 4 nitrogen and oxygen atoms in total. The van der Waals surface area contributed by atoms with Crippen molar-refractivity contribution in [2.45, 2.75) is 19.1 Å². The Morgan fingerprint density at radius 3 is 2.76 bits per heavy atom. The third-order valence-corrected chi connectivity index (χ3v) is 1.95. The first-order chi connectivity index (χ1) is 7.80. The second-order valence-electron chi connectivity index (χ2n) is 3.38. The first kappa shape index (κ1) is 13.4. The van der Waals surface area contributed by atoms with Gasteiger partial charge in [-0.15, -0.1) is 0 Å². The molecule has 2 N–H and O–H groups in total. The molecule has 0 aromatic carbocycles. The molecule has 0 aliphatic rings. The van der Waals surface area contributed by atoms with Crippen LogP contribution in [0.5, 0.6) is 0 Å². The van der Waals surface area contributed by atoms with Gasteiger partial charge in [0.15, 0.2) is 0 Å². The number of rotatable bonds is 3. The molecule has 1 heterocycles. The first-order valence-electron chi connectivity index (χ1n) is 4.73. The van der Waals surface area contributed by atoms with Gasteiger partial charge in [-0.3, -0.25) is 9.78 Å². The Balaban J connectivity index is 2.81. The highest BCUT2D eigenvalue weighted by Gasteiger charge is 2.31. The zero-order valence-electron chi connectivity index (χ0n) is 8.99. The van der Waals surface area contributed by atoms with Gasteiger partial charge in [0.05, 0.1) is 17.3 Å². The van der Waals surface area contributed by atoms with Crippen LogP contribution in [0.2, 0.25) is 0 Å². The molecular formula is C10H11F3N2O2. The lowest BCUT2D eigenvalue weighted by Crippen LogP contribution is -2.20. The van der Waals surface area contributed by atoms with Gasteiger partial charge in [0.1, 0.15) is 6.61 Å². The van der Waals surface area contributed by atoms with Crippen molar-refractivity contribution < 1.29 is 22.7 Å². The van der Waals surface area contributed by atoms with Gasteiger partial charge in [0, 0.05) is 13.1 Å². The molecule has 7 heteroatoms. The van der Waals surface area contributed by atoms with E-state index in [-0.39, 0.29) is 12.3 Å². The topological polar surface area (TPSA) is 65.2 Å². The molecule has 1 rings (SSSR count). The minimum atomic E-state index is -4.45. The molecule has 17 heavy (non-hydrogen) atoms. The lowest BCUT2D eigenvalue weighted by Gasteiger charge is -2.13. The predicted molar refractivity (Wildman–Crippen MR) is 52.8 cm³/mol. The van der Waals surface area contributed by atoms with E-state index in [4.69, 9.17) is 5.73 Å². The molecule has 0 bridgehead atoms. The van der Waals surface area contributed by atoms with Crippen molar-refractivity contribution in [1.82, 2.24) is 4.98 Å². The van der Waals surface area contributed by atoms with Crippen molar-refractivity contribution in [3.8, 4) is 0 Å². The molecule has 1 atom stereocenters. The molecule has 94 valence electrons. The van der Waals surface area contributed by atoms with Gasteiger partial charge in [0.2, 0.25) is 0 Å². The number of esters is 1. The van der Waals surface area contributed by atoms with Crippen molar-refractivity contribution in [2.75, 3.05) is 6.61 Å². The molecule has 0 aliphatic carbocycles. The Bertz CT molecular complexity index is 407. The number of nitrogens with zero attached hydrogens (tertiary/aromatic N) is 1. The van der Waals surface area contributed by atoms with Crippen LogP contribution in [0.4, 0.5) is 13.2 Å². The van der Waals surface area contributed by atoms with Crippen molar-refractivity contribution in [3.63, 3.8) is 0 Å². The smallest absolute Gasteiger partial charge is 0.416 e. The zero-order valence-corrected chi connectivity index (χ0v) is 8.99. The van der Waals surface area contributed by atoms with Gasteiger partial charge in [-0.05, 0) is 12.1 Å². The number of alkyl halides is 3. The summed E-state index contributed by atoms with van der Waals surface area (Å²) in [7, 11) is 0. The molecule has 0 fully saturated rings. The standard InChI is InChI=1S/C10H11F3N2O2/c1-6(16)17-5-8(14)9-4-7(2-3-15-9)10(11,12)13/h2-4,8H,5,14H2,1H3. The molecule has 0 amide bonds. The molecule has 1 aromatic heterocycles. The fourth-order valence-electron chi connectivity index (χ4n) is 1.12. The summed E-state index contributed by atoms with van der Waals surface area (Å²) in [6, 6.07) is 0.817. The monoisotopic (exact) mass is 248 g/mol.